The summed E-state index contributed by atoms with van der Waals surface area (Å²) in [6.45, 7) is 1.66. The molecule has 78 valence electrons. The maximum Gasteiger partial charge on any atom is 0.407 e. The predicted molar refractivity (Wildman–Crippen MR) is 52.4 cm³/mol. The third kappa shape index (κ3) is 1.47. The number of carbonyl (C=O) groups is 2. The maximum atomic E-state index is 11.5. The van der Waals surface area contributed by atoms with E-state index in [0.717, 1.165) is 13.0 Å². The van der Waals surface area contributed by atoms with Crippen molar-refractivity contribution in [1.29, 1.82) is 0 Å². The highest BCUT2D eigenvalue weighted by Crippen LogP contribution is 2.24. The van der Waals surface area contributed by atoms with Crippen LogP contribution in [-0.2, 0) is 4.79 Å². The van der Waals surface area contributed by atoms with Crippen molar-refractivity contribution in [3.63, 3.8) is 0 Å². The molecule has 6 heteroatoms. The lowest BCUT2D eigenvalue weighted by atomic mass is 10.1. The highest BCUT2D eigenvalue weighted by atomic mass is 79.9. The first-order chi connectivity index (χ1) is 6.59. The van der Waals surface area contributed by atoms with Crippen molar-refractivity contribution < 1.29 is 14.7 Å². The molecule has 2 saturated heterocycles. The lowest BCUT2D eigenvalue weighted by Crippen LogP contribution is -2.61. The summed E-state index contributed by atoms with van der Waals surface area (Å²) >= 11 is 3.29. The predicted octanol–water partition coefficient (Wildman–Crippen LogP) is 0.344. The Kier molecular flexibility index (Phi) is 2.38. The summed E-state index contributed by atoms with van der Waals surface area (Å²) < 4.78 is 0. The van der Waals surface area contributed by atoms with Crippen LogP contribution in [0.5, 0.6) is 0 Å². The molecule has 0 aromatic rings. The molecular formula is C8H11BrN2O3. The number of halogens is 1. The van der Waals surface area contributed by atoms with Gasteiger partial charge in [-0.3, -0.25) is 4.79 Å². The van der Waals surface area contributed by atoms with Crippen molar-refractivity contribution in [2.75, 3.05) is 19.6 Å². The highest BCUT2D eigenvalue weighted by molar-refractivity contribution is 9.10. The Hall–Kier alpha value is -0.780. The van der Waals surface area contributed by atoms with Crippen LogP contribution in [0.15, 0.2) is 0 Å². The van der Waals surface area contributed by atoms with Gasteiger partial charge in [0.2, 0.25) is 5.91 Å². The van der Waals surface area contributed by atoms with E-state index in [2.05, 4.69) is 15.9 Å². The fourth-order valence-corrected chi connectivity index (χ4v) is 2.30. The molecule has 0 bridgehead atoms. The fraction of sp³-hybridized carbons (Fsp3) is 0.750. The van der Waals surface area contributed by atoms with Crippen molar-refractivity contribution in [3.8, 4) is 0 Å². The number of nitrogens with zero attached hydrogens (tertiary/aromatic N) is 2. The minimum absolute atomic E-state index is 0.0682. The van der Waals surface area contributed by atoms with Gasteiger partial charge >= 0.3 is 6.09 Å². The Morgan fingerprint density at radius 2 is 2.14 bits per heavy atom. The molecule has 5 nitrogen and oxygen atoms in total. The topological polar surface area (TPSA) is 60.9 Å². The summed E-state index contributed by atoms with van der Waals surface area (Å²) in [7, 11) is 0. The van der Waals surface area contributed by atoms with E-state index in [0.29, 0.717) is 13.1 Å². The molecule has 2 aliphatic rings. The summed E-state index contributed by atoms with van der Waals surface area (Å²) in [6.07, 6.45) is -0.0779. The van der Waals surface area contributed by atoms with Crippen molar-refractivity contribution in [1.82, 2.24) is 9.80 Å². The van der Waals surface area contributed by atoms with Crippen LogP contribution in [0.4, 0.5) is 4.79 Å². The van der Waals surface area contributed by atoms with Crippen LogP contribution in [0.3, 0.4) is 0 Å². The van der Waals surface area contributed by atoms with E-state index in [-0.39, 0.29) is 16.8 Å². The average molecular weight is 263 g/mol. The summed E-state index contributed by atoms with van der Waals surface area (Å²) in [5, 5.41) is 8.62. The number of alkyl halides is 1. The molecule has 1 atom stereocenters. The number of hydrogen-bond acceptors (Lipinski definition) is 2. The van der Waals surface area contributed by atoms with Crippen LogP contribution >= 0.6 is 15.9 Å². The molecule has 0 aromatic carbocycles. The minimum Gasteiger partial charge on any atom is -0.465 e. The van der Waals surface area contributed by atoms with Gasteiger partial charge in [-0.15, -0.1) is 0 Å². The van der Waals surface area contributed by atoms with Crippen molar-refractivity contribution in [2.24, 2.45) is 0 Å². The second kappa shape index (κ2) is 3.42. The van der Waals surface area contributed by atoms with Gasteiger partial charge in [-0.2, -0.15) is 0 Å². The molecule has 0 aliphatic carbocycles. The van der Waals surface area contributed by atoms with E-state index in [4.69, 9.17) is 5.11 Å². The van der Waals surface area contributed by atoms with Crippen LogP contribution in [0, 0.1) is 0 Å². The van der Waals surface area contributed by atoms with Gasteiger partial charge in [-0.25, -0.2) is 4.79 Å². The zero-order valence-corrected chi connectivity index (χ0v) is 9.11. The molecule has 1 N–H and O–H groups in total. The third-order valence-corrected chi connectivity index (χ3v) is 3.60. The second-order valence-electron chi connectivity index (χ2n) is 3.63. The molecule has 2 amide bonds. The van der Waals surface area contributed by atoms with Crippen molar-refractivity contribution >= 4 is 27.9 Å². The number of carboxylic acid groups (broad SMARTS) is 1. The zero-order valence-electron chi connectivity index (χ0n) is 7.52. The molecular weight excluding hydrogens is 252 g/mol. The van der Waals surface area contributed by atoms with Crippen LogP contribution in [0.25, 0.3) is 0 Å². The zero-order chi connectivity index (χ0) is 10.3. The normalized spacial score (nSPS) is 28.1. The van der Waals surface area contributed by atoms with E-state index in [1.807, 2.05) is 0 Å². The molecule has 2 fully saturated rings. The first-order valence-corrected chi connectivity index (χ1v) is 5.43. The summed E-state index contributed by atoms with van der Waals surface area (Å²) in [5.74, 6) is 0.0973. The summed E-state index contributed by atoms with van der Waals surface area (Å²) in [5.41, 5.74) is 0. The van der Waals surface area contributed by atoms with E-state index < -0.39 is 6.09 Å². The maximum absolute atomic E-state index is 11.5. The van der Waals surface area contributed by atoms with Gasteiger partial charge in [-0.05, 0) is 6.42 Å². The third-order valence-electron chi connectivity index (χ3n) is 2.75. The molecule has 2 heterocycles. The number of hydrogen-bond donors (Lipinski definition) is 1. The Balaban J connectivity index is 1.88. The van der Waals surface area contributed by atoms with E-state index in [9.17, 15) is 9.59 Å². The summed E-state index contributed by atoms with van der Waals surface area (Å²) in [6, 6.07) is 0.0983. The lowest BCUT2D eigenvalue weighted by molar-refractivity contribution is -0.131. The minimum atomic E-state index is -0.900. The van der Waals surface area contributed by atoms with Crippen molar-refractivity contribution in [3.05, 3.63) is 0 Å². The lowest BCUT2D eigenvalue weighted by Gasteiger charge is -2.42. The van der Waals surface area contributed by atoms with Gasteiger partial charge in [0.15, 0.2) is 0 Å². The van der Waals surface area contributed by atoms with E-state index >= 15 is 0 Å². The van der Waals surface area contributed by atoms with Gasteiger partial charge in [0.1, 0.15) is 0 Å². The number of amides is 2. The van der Waals surface area contributed by atoms with Crippen LogP contribution < -0.4 is 0 Å². The molecule has 2 aliphatic heterocycles. The van der Waals surface area contributed by atoms with E-state index in [1.54, 1.807) is 4.90 Å². The quantitative estimate of drug-likeness (QED) is 0.694. The Labute approximate surface area is 89.8 Å². The van der Waals surface area contributed by atoms with Gasteiger partial charge in [-0.1, -0.05) is 15.9 Å². The molecule has 14 heavy (non-hydrogen) atoms. The Morgan fingerprint density at radius 3 is 2.57 bits per heavy atom. The van der Waals surface area contributed by atoms with Gasteiger partial charge in [0, 0.05) is 19.6 Å². The number of carbonyl (C=O) groups excluding carboxylic acids is 1. The molecule has 1 unspecified atom stereocenters. The average Bonchev–Trinajstić information content (AvgIpc) is 2.32. The smallest absolute Gasteiger partial charge is 0.407 e. The first kappa shape index (κ1) is 9.76. The van der Waals surface area contributed by atoms with Crippen LogP contribution in [-0.4, -0.2) is 57.4 Å². The molecule has 2 rings (SSSR count). The molecule has 0 saturated carbocycles. The Morgan fingerprint density at radius 1 is 1.50 bits per heavy atom. The monoisotopic (exact) mass is 262 g/mol. The van der Waals surface area contributed by atoms with Gasteiger partial charge < -0.3 is 14.9 Å². The van der Waals surface area contributed by atoms with E-state index in [1.165, 1.54) is 4.90 Å². The van der Waals surface area contributed by atoms with Crippen LogP contribution in [0.2, 0.25) is 0 Å². The number of rotatable bonds is 1. The Bertz CT molecular complexity index is 278. The first-order valence-electron chi connectivity index (χ1n) is 4.52. The fourth-order valence-electron chi connectivity index (χ4n) is 1.84. The van der Waals surface area contributed by atoms with Gasteiger partial charge in [0.05, 0.1) is 10.9 Å². The molecule has 0 spiro atoms. The number of likely N-dealkylation sites (tertiary alicyclic amines) is 2. The van der Waals surface area contributed by atoms with Crippen molar-refractivity contribution in [2.45, 2.75) is 17.3 Å². The highest BCUT2D eigenvalue weighted by Gasteiger charge is 2.41. The SMILES string of the molecule is O=C(O)N1CC(N2CCC(Br)C2=O)C1. The molecule has 0 radical (unpaired) electrons. The standard InChI is InChI=1S/C8H11BrN2O3/c9-6-1-2-11(7(6)12)5-3-10(4-5)8(13)14/h5-6H,1-4H2,(H,13,14). The molecule has 0 aromatic heterocycles. The summed E-state index contributed by atoms with van der Waals surface area (Å²) in [4.78, 5) is 25.1. The van der Waals surface area contributed by atoms with Crippen LogP contribution in [0.1, 0.15) is 6.42 Å². The largest absolute Gasteiger partial charge is 0.465 e. The second-order valence-corrected chi connectivity index (χ2v) is 4.73. The van der Waals surface area contributed by atoms with Gasteiger partial charge in [0.25, 0.3) is 0 Å².